The normalized spacial score (nSPS) is 25.5. The van der Waals surface area contributed by atoms with E-state index in [9.17, 15) is 9.59 Å². The van der Waals surface area contributed by atoms with Crippen LogP contribution in [-0.4, -0.2) is 76.8 Å². The van der Waals surface area contributed by atoms with E-state index in [1.807, 2.05) is 17.0 Å². The maximum atomic E-state index is 13.1. The Morgan fingerprint density at radius 1 is 0.933 bits per heavy atom. The van der Waals surface area contributed by atoms with Gasteiger partial charge in [-0.15, -0.1) is 0 Å². The predicted molar refractivity (Wildman–Crippen MR) is 115 cm³/mol. The molecular formula is C24H34N4O2. The maximum Gasteiger partial charge on any atom is 0.255 e. The number of carbonyl (C=O) groups excluding carboxylic acids is 2. The van der Waals surface area contributed by atoms with Crippen LogP contribution in [0.5, 0.6) is 0 Å². The van der Waals surface area contributed by atoms with Crippen molar-refractivity contribution in [2.24, 2.45) is 11.3 Å². The number of rotatable bonds is 3. The highest BCUT2D eigenvalue weighted by Gasteiger charge is 2.49. The fourth-order valence-corrected chi connectivity index (χ4v) is 5.96. The summed E-state index contributed by atoms with van der Waals surface area (Å²) >= 11 is 0. The smallest absolute Gasteiger partial charge is 0.255 e. The van der Waals surface area contributed by atoms with E-state index in [2.05, 4.69) is 14.8 Å². The lowest BCUT2D eigenvalue weighted by Gasteiger charge is -2.52. The van der Waals surface area contributed by atoms with E-state index in [1.54, 1.807) is 12.4 Å². The van der Waals surface area contributed by atoms with Crippen LogP contribution in [0.15, 0.2) is 24.5 Å². The van der Waals surface area contributed by atoms with E-state index in [4.69, 9.17) is 0 Å². The lowest BCUT2D eigenvalue weighted by atomic mass is 9.57. The summed E-state index contributed by atoms with van der Waals surface area (Å²) in [5.74, 6) is 0.691. The van der Waals surface area contributed by atoms with Crippen LogP contribution < -0.4 is 0 Å². The van der Waals surface area contributed by atoms with Crippen LogP contribution in [0.3, 0.4) is 0 Å². The van der Waals surface area contributed by atoms with Crippen molar-refractivity contribution in [3.8, 4) is 0 Å². The minimum absolute atomic E-state index is 0.0884. The predicted octanol–water partition coefficient (Wildman–Crippen LogP) is 2.80. The zero-order valence-corrected chi connectivity index (χ0v) is 18.0. The van der Waals surface area contributed by atoms with Gasteiger partial charge in [0.25, 0.3) is 5.91 Å². The Labute approximate surface area is 179 Å². The van der Waals surface area contributed by atoms with Gasteiger partial charge in [-0.2, -0.15) is 0 Å². The first-order chi connectivity index (χ1) is 14.6. The van der Waals surface area contributed by atoms with Crippen LogP contribution in [0.2, 0.25) is 0 Å². The number of nitrogens with zero attached hydrogens (tertiary/aromatic N) is 4. The number of pyridine rings is 1. The van der Waals surface area contributed by atoms with Crippen LogP contribution in [-0.2, 0) is 4.79 Å². The first-order valence-corrected chi connectivity index (χ1v) is 11.9. The van der Waals surface area contributed by atoms with Gasteiger partial charge in [-0.05, 0) is 62.5 Å². The summed E-state index contributed by atoms with van der Waals surface area (Å²) in [5, 5.41) is 0. The molecule has 162 valence electrons. The maximum absolute atomic E-state index is 13.1. The molecule has 0 unspecified atom stereocenters. The van der Waals surface area contributed by atoms with Crippen molar-refractivity contribution >= 4 is 11.8 Å². The van der Waals surface area contributed by atoms with E-state index in [0.29, 0.717) is 11.5 Å². The highest BCUT2D eigenvalue weighted by Crippen LogP contribution is 2.53. The van der Waals surface area contributed by atoms with Crippen molar-refractivity contribution in [1.82, 2.24) is 19.7 Å². The van der Waals surface area contributed by atoms with Gasteiger partial charge in [0.15, 0.2) is 0 Å². The van der Waals surface area contributed by atoms with Crippen molar-refractivity contribution in [1.29, 1.82) is 0 Å². The van der Waals surface area contributed by atoms with Crippen LogP contribution >= 0.6 is 0 Å². The van der Waals surface area contributed by atoms with Gasteiger partial charge in [0, 0.05) is 63.6 Å². The Balaban J connectivity index is 1.09. The summed E-state index contributed by atoms with van der Waals surface area (Å²) in [6.07, 6.45) is 12.6. The molecule has 3 heterocycles. The SMILES string of the molecule is O=C(c1cccnc1)N1CCC2(CC1)CC(C(=O)N1CCCN(C3CCC3)CC1)C2. The summed E-state index contributed by atoms with van der Waals surface area (Å²) in [6, 6.07) is 4.44. The quantitative estimate of drug-likeness (QED) is 0.769. The fraction of sp³-hybridized carbons (Fsp3) is 0.708. The molecule has 0 radical (unpaired) electrons. The van der Waals surface area contributed by atoms with E-state index in [0.717, 1.165) is 77.4 Å². The molecule has 1 aromatic heterocycles. The second-order valence-electron chi connectivity index (χ2n) is 9.94. The summed E-state index contributed by atoms with van der Waals surface area (Å²) < 4.78 is 0. The highest BCUT2D eigenvalue weighted by molar-refractivity contribution is 5.94. The number of hydrogen-bond acceptors (Lipinski definition) is 4. The number of carbonyl (C=O) groups is 2. The Morgan fingerprint density at radius 3 is 2.40 bits per heavy atom. The van der Waals surface area contributed by atoms with Gasteiger partial charge >= 0.3 is 0 Å². The molecule has 2 saturated carbocycles. The Hall–Kier alpha value is -1.95. The number of aromatic nitrogens is 1. The average Bonchev–Trinajstić information content (AvgIpc) is 2.97. The molecule has 0 N–H and O–H groups in total. The molecule has 4 fully saturated rings. The van der Waals surface area contributed by atoms with Crippen LogP contribution in [0.4, 0.5) is 0 Å². The van der Waals surface area contributed by atoms with Crippen molar-refractivity contribution in [3.05, 3.63) is 30.1 Å². The largest absolute Gasteiger partial charge is 0.341 e. The van der Waals surface area contributed by atoms with Crippen molar-refractivity contribution < 1.29 is 9.59 Å². The third kappa shape index (κ3) is 3.86. The Bertz CT molecular complexity index is 763. The third-order valence-corrected chi connectivity index (χ3v) is 8.16. The molecule has 5 rings (SSSR count). The van der Waals surface area contributed by atoms with E-state index >= 15 is 0 Å². The minimum Gasteiger partial charge on any atom is -0.341 e. The topological polar surface area (TPSA) is 56.8 Å². The summed E-state index contributed by atoms with van der Waals surface area (Å²) in [7, 11) is 0. The van der Waals surface area contributed by atoms with Gasteiger partial charge < -0.3 is 9.80 Å². The second-order valence-corrected chi connectivity index (χ2v) is 9.94. The summed E-state index contributed by atoms with van der Waals surface area (Å²) in [6.45, 7) is 5.65. The molecule has 2 aliphatic carbocycles. The molecule has 6 heteroatoms. The summed E-state index contributed by atoms with van der Waals surface area (Å²) in [5.41, 5.74) is 0.961. The highest BCUT2D eigenvalue weighted by atomic mass is 16.2. The molecule has 1 spiro atoms. The molecule has 0 atom stereocenters. The number of hydrogen-bond donors (Lipinski definition) is 0. The minimum atomic E-state index is 0.0884. The fourth-order valence-electron chi connectivity index (χ4n) is 5.96. The Kier molecular flexibility index (Phi) is 5.52. The first-order valence-electron chi connectivity index (χ1n) is 11.9. The molecule has 2 amide bonds. The summed E-state index contributed by atoms with van der Waals surface area (Å²) in [4.78, 5) is 36.6. The molecule has 30 heavy (non-hydrogen) atoms. The number of amides is 2. The molecule has 2 saturated heterocycles. The van der Waals surface area contributed by atoms with E-state index in [-0.39, 0.29) is 17.2 Å². The zero-order chi connectivity index (χ0) is 20.6. The van der Waals surface area contributed by atoms with Crippen molar-refractivity contribution in [2.45, 2.75) is 57.4 Å². The third-order valence-electron chi connectivity index (χ3n) is 8.16. The lowest BCUT2D eigenvalue weighted by molar-refractivity contribution is -0.145. The Morgan fingerprint density at radius 2 is 1.73 bits per heavy atom. The molecule has 6 nitrogen and oxygen atoms in total. The molecule has 4 aliphatic rings. The van der Waals surface area contributed by atoms with Crippen molar-refractivity contribution in [3.63, 3.8) is 0 Å². The standard InChI is InChI=1S/C24H34N4O2/c29-22(19-4-2-9-25-18-19)28-12-7-24(8-13-28)16-20(17-24)23(30)27-11-3-10-26(14-15-27)21-5-1-6-21/h2,4,9,18,20-21H,1,3,5-8,10-17H2. The molecule has 0 bridgehead atoms. The first kappa shape index (κ1) is 20.0. The van der Waals surface area contributed by atoms with Crippen LogP contribution in [0.1, 0.15) is 61.7 Å². The second kappa shape index (κ2) is 8.29. The van der Waals surface area contributed by atoms with Crippen LogP contribution in [0, 0.1) is 11.3 Å². The van der Waals surface area contributed by atoms with E-state index < -0.39 is 0 Å². The number of likely N-dealkylation sites (tertiary alicyclic amines) is 1. The monoisotopic (exact) mass is 410 g/mol. The van der Waals surface area contributed by atoms with Crippen molar-refractivity contribution in [2.75, 3.05) is 39.3 Å². The molecule has 1 aromatic rings. The van der Waals surface area contributed by atoms with Crippen LogP contribution in [0.25, 0.3) is 0 Å². The number of piperidine rings is 1. The average molecular weight is 411 g/mol. The van der Waals surface area contributed by atoms with E-state index in [1.165, 1.54) is 19.3 Å². The van der Waals surface area contributed by atoms with Gasteiger partial charge in [-0.3, -0.25) is 19.5 Å². The van der Waals surface area contributed by atoms with Gasteiger partial charge in [0.2, 0.25) is 5.91 Å². The lowest BCUT2D eigenvalue weighted by Crippen LogP contribution is -2.53. The van der Waals surface area contributed by atoms with Gasteiger partial charge in [0.05, 0.1) is 5.56 Å². The molecular weight excluding hydrogens is 376 g/mol. The van der Waals surface area contributed by atoms with Gasteiger partial charge in [0.1, 0.15) is 0 Å². The molecule has 2 aliphatic heterocycles. The molecule has 0 aromatic carbocycles. The zero-order valence-electron chi connectivity index (χ0n) is 18.0. The van der Waals surface area contributed by atoms with Gasteiger partial charge in [-0.25, -0.2) is 0 Å². The van der Waals surface area contributed by atoms with Gasteiger partial charge in [-0.1, -0.05) is 6.42 Å².